The van der Waals surface area contributed by atoms with Gasteiger partial charge in [-0.1, -0.05) is 6.42 Å². The summed E-state index contributed by atoms with van der Waals surface area (Å²) in [5, 5.41) is 8.93. The van der Waals surface area contributed by atoms with Crippen LogP contribution in [0.25, 0.3) is 0 Å². The molecule has 1 saturated carbocycles. The minimum absolute atomic E-state index is 0.104. The molecule has 0 bridgehead atoms. The van der Waals surface area contributed by atoms with Crippen LogP contribution in [0.5, 0.6) is 0 Å². The molecule has 0 radical (unpaired) electrons. The predicted molar refractivity (Wildman–Crippen MR) is 53.9 cm³/mol. The highest BCUT2D eigenvalue weighted by atomic mass is 16.5. The summed E-state index contributed by atoms with van der Waals surface area (Å²) in [5.74, 6) is -0.559. The fourth-order valence-corrected chi connectivity index (χ4v) is 1.88. The van der Waals surface area contributed by atoms with Gasteiger partial charge in [-0.3, -0.25) is 0 Å². The molecule has 1 fully saturated rings. The van der Waals surface area contributed by atoms with Gasteiger partial charge < -0.3 is 9.47 Å². The number of esters is 1. The zero-order valence-electron chi connectivity index (χ0n) is 9.08. The molecule has 0 saturated heterocycles. The maximum absolute atomic E-state index is 11.3. The van der Waals surface area contributed by atoms with Crippen LogP contribution < -0.4 is 0 Å². The van der Waals surface area contributed by atoms with E-state index in [0.717, 1.165) is 31.3 Å². The number of nitrogens with zero attached hydrogens (tertiary/aromatic N) is 1. The molecule has 1 rings (SSSR count). The largest absolute Gasteiger partial charge is 0.465 e. The summed E-state index contributed by atoms with van der Waals surface area (Å²) in [7, 11) is 2.88. The molecule has 0 aromatic carbocycles. The Labute approximate surface area is 89.5 Å². The van der Waals surface area contributed by atoms with Crippen LogP contribution in [0, 0.1) is 11.3 Å². The summed E-state index contributed by atoms with van der Waals surface area (Å²) in [6, 6.07) is 1.91. The molecule has 0 heterocycles. The van der Waals surface area contributed by atoms with Crippen molar-refractivity contribution in [3.8, 4) is 6.07 Å². The molecule has 1 aliphatic carbocycles. The summed E-state index contributed by atoms with van der Waals surface area (Å²) < 4.78 is 9.84. The summed E-state index contributed by atoms with van der Waals surface area (Å²) in [4.78, 5) is 11.3. The van der Waals surface area contributed by atoms with Crippen molar-refractivity contribution in [2.24, 2.45) is 0 Å². The van der Waals surface area contributed by atoms with Crippen molar-refractivity contribution in [2.75, 3.05) is 14.2 Å². The standard InChI is InChI=1S/C11H15NO3/c1-14-10-6-4-3-5-8(10)9(7-12)11(13)15-2/h10H,3-6H2,1-2H3/b9-8+. The SMILES string of the molecule is COC(=O)/C(C#N)=C1\CCCCC1OC. The monoisotopic (exact) mass is 209 g/mol. The van der Waals surface area contributed by atoms with Gasteiger partial charge in [0.25, 0.3) is 0 Å². The maximum Gasteiger partial charge on any atom is 0.348 e. The van der Waals surface area contributed by atoms with E-state index in [0.29, 0.717) is 0 Å². The molecule has 1 unspecified atom stereocenters. The van der Waals surface area contributed by atoms with Crippen LogP contribution in [-0.2, 0) is 14.3 Å². The third-order valence-electron chi connectivity index (χ3n) is 2.66. The minimum atomic E-state index is -0.559. The van der Waals surface area contributed by atoms with Gasteiger partial charge >= 0.3 is 5.97 Å². The Bertz CT molecular complexity index is 314. The van der Waals surface area contributed by atoms with Crippen molar-refractivity contribution in [1.82, 2.24) is 0 Å². The van der Waals surface area contributed by atoms with Crippen LogP contribution in [0.3, 0.4) is 0 Å². The van der Waals surface area contributed by atoms with Gasteiger partial charge in [0.05, 0.1) is 13.2 Å². The molecule has 82 valence electrons. The lowest BCUT2D eigenvalue weighted by atomic mass is 9.88. The molecule has 0 amide bonds. The van der Waals surface area contributed by atoms with Gasteiger partial charge in [0.2, 0.25) is 0 Å². The molecule has 0 N–H and O–H groups in total. The van der Waals surface area contributed by atoms with Crippen LogP contribution in [0.1, 0.15) is 25.7 Å². The number of rotatable bonds is 2. The number of methoxy groups -OCH3 is 2. The lowest BCUT2D eigenvalue weighted by Gasteiger charge is -2.24. The van der Waals surface area contributed by atoms with Crippen LogP contribution in [0.2, 0.25) is 0 Å². The minimum Gasteiger partial charge on any atom is -0.465 e. The third-order valence-corrected chi connectivity index (χ3v) is 2.66. The average molecular weight is 209 g/mol. The summed E-state index contributed by atoms with van der Waals surface area (Å²) >= 11 is 0. The van der Waals surface area contributed by atoms with E-state index in [9.17, 15) is 4.79 Å². The van der Waals surface area contributed by atoms with Crippen molar-refractivity contribution in [3.05, 3.63) is 11.1 Å². The first-order valence-electron chi connectivity index (χ1n) is 4.98. The molecule has 0 aliphatic heterocycles. The second-order valence-corrected chi connectivity index (χ2v) is 3.47. The van der Waals surface area contributed by atoms with Gasteiger partial charge in [0.15, 0.2) is 0 Å². The topological polar surface area (TPSA) is 59.3 Å². The summed E-state index contributed by atoms with van der Waals surface area (Å²) in [6.07, 6.45) is 3.58. The fraction of sp³-hybridized carbons (Fsp3) is 0.636. The number of carbonyl (C=O) groups excluding carboxylic acids is 1. The molecule has 0 aromatic heterocycles. The van der Waals surface area contributed by atoms with E-state index in [2.05, 4.69) is 4.74 Å². The van der Waals surface area contributed by atoms with E-state index in [1.165, 1.54) is 7.11 Å². The molecule has 0 aromatic rings. The van der Waals surface area contributed by atoms with Crippen molar-refractivity contribution < 1.29 is 14.3 Å². The van der Waals surface area contributed by atoms with Gasteiger partial charge in [-0.05, 0) is 24.8 Å². The predicted octanol–water partition coefficient (Wildman–Crippen LogP) is 1.57. The summed E-state index contributed by atoms with van der Waals surface area (Å²) in [6.45, 7) is 0. The molecule has 4 heteroatoms. The Kier molecular flexibility index (Phi) is 4.32. The van der Waals surface area contributed by atoms with Crippen molar-refractivity contribution >= 4 is 5.97 Å². The van der Waals surface area contributed by atoms with Crippen LogP contribution in [0.4, 0.5) is 0 Å². The van der Waals surface area contributed by atoms with E-state index in [1.54, 1.807) is 7.11 Å². The Hall–Kier alpha value is -1.34. The van der Waals surface area contributed by atoms with Gasteiger partial charge in [0.1, 0.15) is 11.6 Å². The highest BCUT2D eigenvalue weighted by Crippen LogP contribution is 2.28. The second kappa shape index (κ2) is 5.52. The van der Waals surface area contributed by atoms with E-state index in [1.807, 2.05) is 6.07 Å². The third kappa shape index (κ3) is 2.57. The number of carbonyl (C=O) groups is 1. The second-order valence-electron chi connectivity index (χ2n) is 3.47. The molecule has 0 spiro atoms. The van der Waals surface area contributed by atoms with Gasteiger partial charge in [-0.2, -0.15) is 5.26 Å². The van der Waals surface area contributed by atoms with Gasteiger partial charge in [-0.15, -0.1) is 0 Å². The van der Waals surface area contributed by atoms with Gasteiger partial charge in [0, 0.05) is 7.11 Å². The zero-order valence-corrected chi connectivity index (χ0v) is 9.08. The van der Waals surface area contributed by atoms with E-state index in [4.69, 9.17) is 10.00 Å². The lowest BCUT2D eigenvalue weighted by molar-refractivity contribution is -0.135. The molecule has 15 heavy (non-hydrogen) atoms. The first-order chi connectivity index (χ1) is 7.24. The average Bonchev–Trinajstić information content (AvgIpc) is 2.30. The highest BCUT2D eigenvalue weighted by Gasteiger charge is 2.25. The van der Waals surface area contributed by atoms with Gasteiger partial charge in [-0.25, -0.2) is 4.79 Å². The van der Waals surface area contributed by atoms with E-state index in [-0.39, 0.29) is 11.7 Å². The van der Waals surface area contributed by atoms with Crippen LogP contribution in [-0.4, -0.2) is 26.3 Å². The Morgan fingerprint density at radius 2 is 2.20 bits per heavy atom. The van der Waals surface area contributed by atoms with Crippen molar-refractivity contribution in [3.63, 3.8) is 0 Å². The molecule has 1 aliphatic rings. The van der Waals surface area contributed by atoms with E-state index < -0.39 is 5.97 Å². The quantitative estimate of drug-likeness (QED) is 0.393. The maximum atomic E-state index is 11.3. The first-order valence-corrected chi connectivity index (χ1v) is 4.98. The fourth-order valence-electron chi connectivity index (χ4n) is 1.88. The number of ether oxygens (including phenoxy) is 2. The zero-order chi connectivity index (χ0) is 11.3. The Morgan fingerprint density at radius 1 is 1.47 bits per heavy atom. The highest BCUT2D eigenvalue weighted by molar-refractivity contribution is 5.93. The lowest BCUT2D eigenvalue weighted by Crippen LogP contribution is -2.22. The molecular weight excluding hydrogens is 194 g/mol. The van der Waals surface area contributed by atoms with Crippen LogP contribution >= 0.6 is 0 Å². The normalized spacial score (nSPS) is 24.2. The van der Waals surface area contributed by atoms with Crippen molar-refractivity contribution in [2.45, 2.75) is 31.8 Å². The molecular formula is C11H15NO3. The Morgan fingerprint density at radius 3 is 2.73 bits per heavy atom. The smallest absolute Gasteiger partial charge is 0.348 e. The molecule has 4 nitrogen and oxygen atoms in total. The first kappa shape index (κ1) is 11.7. The number of nitriles is 1. The summed E-state index contributed by atoms with van der Waals surface area (Å²) in [5.41, 5.74) is 0.905. The van der Waals surface area contributed by atoms with Crippen LogP contribution in [0.15, 0.2) is 11.1 Å². The molecule has 1 atom stereocenters. The number of hydrogen-bond acceptors (Lipinski definition) is 4. The number of hydrogen-bond donors (Lipinski definition) is 0. The van der Waals surface area contributed by atoms with E-state index >= 15 is 0 Å². The van der Waals surface area contributed by atoms with Crippen molar-refractivity contribution in [1.29, 1.82) is 5.26 Å². The Balaban J connectivity index is 3.01.